The van der Waals surface area contributed by atoms with Crippen molar-refractivity contribution >= 4 is 22.6 Å². The fraction of sp³-hybridized carbons (Fsp3) is 0.125. The van der Waals surface area contributed by atoms with Crippen LogP contribution in [-0.4, -0.2) is 18.2 Å². The van der Waals surface area contributed by atoms with Crippen molar-refractivity contribution in [1.82, 2.24) is 5.10 Å². The third-order valence-electron chi connectivity index (χ3n) is 4.98. The van der Waals surface area contributed by atoms with E-state index in [1.54, 1.807) is 12.1 Å². The molecule has 0 atom stereocenters. The van der Waals surface area contributed by atoms with Crippen LogP contribution in [0.2, 0.25) is 0 Å². The summed E-state index contributed by atoms with van der Waals surface area (Å²) in [5, 5.41) is 6.65. The van der Waals surface area contributed by atoms with Crippen LogP contribution in [0.15, 0.2) is 72.8 Å². The summed E-state index contributed by atoms with van der Waals surface area (Å²) < 4.78 is 6.70. The van der Waals surface area contributed by atoms with Gasteiger partial charge >= 0.3 is 5.97 Å². The number of benzene rings is 3. The number of methoxy groups -OCH3 is 1. The summed E-state index contributed by atoms with van der Waals surface area (Å²) in [5.74, 6) is 0.139. The molecule has 0 aliphatic heterocycles. The average molecular weight is 384 g/mol. The van der Waals surface area contributed by atoms with Gasteiger partial charge in [-0.15, -0.1) is 0 Å². The zero-order valence-electron chi connectivity index (χ0n) is 16.4. The van der Waals surface area contributed by atoms with Crippen LogP contribution in [0.25, 0.3) is 22.0 Å². The highest BCUT2D eigenvalue weighted by Crippen LogP contribution is 2.28. The molecular formula is C24H22N3O2+. The molecule has 0 radical (unpaired) electrons. The van der Waals surface area contributed by atoms with E-state index >= 15 is 0 Å². The minimum Gasteiger partial charge on any atom is -0.465 e. The molecule has 3 aromatic carbocycles. The Balaban J connectivity index is 1.84. The molecule has 0 aliphatic carbocycles. The van der Waals surface area contributed by atoms with Crippen LogP contribution in [0.4, 0.5) is 5.82 Å². The molecule has 1 heterocycles. The molecule has 1 aromatic heterocycles. The van der Waals surface area contributed by atoms with E-state index in [2.05, 4.69) is 42.4 Å². The van der Waals surface area contributed by atoms with Crippen molar-refractivity contribution in [2.24, 2.45) is 0 Å². The predicted molar refractivity (Wildman–Crippen MR) is 113 cm³/mol. The maximum atomic E-state index is 11.7. The molecule has 0 spiro atoms. The number of nitrogen functional groups attached to an aromatic ring is 1. The van der Waals surface area contributed by atoms with E-state index in [0.717, 1.165) is 27.6 Å². The van der Waals surface area contributed by atoms with Gasteiger partial charge in [0, 0.05) is 21.6 Å². The first-order valence-electron chi connectivity index (χ1n) is 9.39. The number of nitrogens with zero attached hydrogens (tertiary/aromatic N) is 2. The Morgan fingerprint density at radius 2 is 1.62 bits per heavy atom. The number of ether oxygens (including phenoxy) is 1. The third kappa shape index (κ3) is 3.67. The lowest BCUT2D eigenvalue weighted by Gasteiger charge is -2.09. The largest absolute Gasteiger partial charge is 0.465 e. The minimum absolute atomic E-state index is 0.349. The summed E-state index contributed by atoms with van der Waals surface area (Å²) in [6.45, 7) is 2.60. The molecular weight excluding hydrogens is 362 g/mol. The monoisotopic (exact) mass is 384 g/mol. The lowest BCUT2D eigenvalue weighted by Crippen LogP contribution is -2.42. The first-order chi connectivity index (χ1) is 14.1. The molecule has 4 aromatic rings. The molecule has 0 aliphatic rings. The number of esters is 1. The second-order valence-electron chi connectivity index (χ2n) is 6.99. The van der Waals surface area contributed by atoms with Crippen molar-refractivity contribution < 1.29 is 14.2 Å². The molecule has 2 N–H and O–H groups in total. The zero-order chi connectivity index (χ0) is 20.4. The summed E-state index contributed by atoms with van der Waals surface area (Å²) in [6, 6.07) is 23.8. The Morgan fingerprint density at radius 1 is 0.966 bits per heavy atom. The van der Waals surface area contributed by atoms with Crippen molar-refractivity contribution in [2.45, 2.75) is 13.5 Å². The topological polar surface area (TPSA) is 69.1 Å². The fourth-order valence-corrected chi connectivity index (χ4v) is 3.45. The van der Waals surface area contributed by atoms with Gasteiger partial charge in [-0.05, 0) is 37.3 Å². The summed E-state index contributed by atoms with van der Waals surface area (Å²) in [7, 11) is 1.38. The van der Waals surface area contributed by atoms with Gasteiger partial charge in [-0.2, -0.15) is 0 Å². The van der Waals surface area contributed by atoms with Gasteiger partial charge in [-0.1, -0.05) is 52.7 Å². The lowest BCUT2D eigenvalue weighted by atomic mass is 10.0. The number of rotatable bonds is 4. The quantitative estimate of drug-likeness (QED) is 0.428. The number of nitrogens with two attached hydrogens (primary N) is 1. The van der Waals surface area contributed by atoms with Crippen LogP contribution < -0.4 is 10.4 Å². The number of fused-ring (bicyclic) bond motifs is 1. The van der Waals surface area contributed by atoms with E-state index in [9.17, 15) is 4.79 Å². The maximum absolute atomic E-state index is 11.7. The molecule has 0 bridgehead atoms. The van der Waals surface area contributed by atoms with Crippen LogP contribution >= 0.6 is 0 Å². The average Bonchev–Trinajstić information content (AvgIpc) is 2.75. The first-order valence-corrected chi connectivity index (χ1v) is 9.39. The van der Waals surface area contributed by atoms with Crippen molar-refractivity contribution in [3.63, 3.8) is 0 Å². The van der Waals surface area contributed by atoms with Crippen molar-refractivity contribution in [3.8, 4) is 11.3 Å². The van der Waals surface area contributed by atoms with Crippen molar-refractivity contribution in [3.05, 3.63) is 89.5 Å². The Hall–Kier alpha value is -3.73. The molecule has 29 heavy (non-hydrogen) atoms. The molecule has 0 fully saturated rings. The number of hydrogen-bond donors (Lipinski definition) is 1. The second-order valence-corrected chi connectivity index (χ2v) is 6.99. The number of carbonyl (C=O) groups excluding carboxylic acids is 1. The van der Waals surface area contributed by atoms with Gasteiger partial charge in [0.1, 0.15) is 0 Å². The number of anilines is 1. The van der Waals surface area contributed by atoms with E-state index in [1.807, 2.05) is 35.0 Å². The highest BCUT2D eigenvalue weighted by Gasteiger charge is 2.22. The van der Waals surface area contributed by atoms with Gasteiger partial charge in [-0.25, -0.2) is 4.79 Å². The van der Waals surface area contributed by atoms with Gasteiger partial charge in [0.2, 0.25) is 5.69 Å². The molecule has 0 unspecified atom stereocenters. The molecule has 5 nitrogen and oxygen atoms in total. The van der Waals surface area contributed by atoms with Crippen molar-refractivity contribution in [2.75, 3.05) is 12.8 Å². The smallest absolute Gasteiger partial charge is 0.337 e. The Kier molecular flexibility index (Phi) is 4.96. The number of aromatic nitrogens is 2. The summed E-state index contributed by atoms with van der Waals surface area (Å²) in [6.07, 6.45) is 0. The van der Waals surface area contributed by atoms with Crippen LogP contribution in [0, 0.1) is 6.92 Å². The van der Waals surface area contributed by atoms with E-state index in [1.165, 1.54) is 12.7 Å². The Bertz CT molecular complexity index is 1180. The highest BCUT2D eigenvalue weighted by atomic mass is 16.5. The van der Waals surface area contributed by atoms with Gasteiger partial charge in [0.05, 0.1) is 18.1 Å². The standard InChI is InChI=1S/C24H22N3O2/c1-16-7-11-18(12-8-16)22-20-5-3-4-6-21(20)23(25)26-27(22)15-17-9-13-19(14-10-17)24(28)29-2/h3-14H,15H2,1-2H3,(H2,25,26)/q+1. The lowest BCUT2D eigenvalue weighted by molar-refractivity contribution is -0.733. The van der Waals surface area contributed by atoms with Crippen LogP contribution in [0.3, 0.4) is 0 Å². The minimum atomic E-state index is -0.349. The van der Waals surface area contributed by atoms with Gasteiger partial charge in [0.15, 0.2) is 12.4 Å². The van der Waals surface area contributed by atoms with Crippen LogP contribution in [-0.2, 0) is 11.3 Å². The van der Waals surface area contributed by atoms with Gasteiger partial charge < -0.3 is 10.5 Å². The molecule has 0 saturated heterocycles. The molecule has 0 saturated carbocycles. The van der Waals surface area contributed by atoms with E-state index in [-0.39, 0.29) is 5.97 Å². The molecule has 4 rings (SSSR count). The summed E-state index contributed by atoms with van der Waals surface area (Å²) >= 11 is 0. The molecule has 0 amide bonds. The maximum Gasteiger partial charge on any atom is 0.337 e. The summed E-state index contributed by atoms with van der Waals surface area (Å²) in [5.41, 5.74) is 11.1. The van der Waals surface area contributed by atoms with Crippen molar-refractivity contribution in [1.29, 1.82) is 0 Å². The Morgan fingerprint density at radius 3 is 2.28 bits per heavy atom. The third-order valence-corrected chi connectivity index (χ3v) is 4.98. The van der Waals surface area contributed by atoms with Crippen LogP contribution in [0.5, 0.6) is 0 Å². The molecule has 144 valence electrons. The van der Waals surface area contributed by atoms with Crippen LogP contribution in [0.1, 0.15) is 21.5 Å². The SMILES string of the molecule is COC(=O)c1ccc(C[n+]2nc(N)c3ccccc3c2-c2ccc(C)cc2)cc1. The highest BCUT2D eigenvalue weighted by molar-refractivity contribution is 5.98. The zero-order valence-corrected chi connectivity index (χ0v) is 16.4. The van der Waals surface area contributed by atoms with E-state index in [4.69, 9.17) is 10.5 Å². The van der Waals surface area contributed by atoms with Gasteiger partial charge in [0.25, 0.3) is 0 Å². The normalized spacial score (nSPS) is 10.8. The number of carbonyl (C=O) groups is 1. The predicted octanol–water partition coefficient (Wildman–Crippen LogP) is 3.91. The van der Waals surface area contributed by atoms with Gasteiger partial charge in [-0.3, -0.25) is 0 Å². The fourth-order valence-electron chi connectivity index (χ4n) is 3.45. The molecule has 5 heteroatoms. The first kappa shape index (κ1) is 18.6. The number of hydrogen-bond acceptors (Lipinski definition) is 4. The van der Waals surface area contributed by atoms with E-state index in [0.29, 0.717) is 17.9 Å². The second kappa shape index (κ2) is 7.72. The summed E-state index contributed by atoms with van der Waals surface area (Å²) in [4.78, 5) is 11.7. The number of aryl methyl sites for hydroxylation is 1. The van der Waals surface area contributed by atoms with E-state index < -0.39 is 0 Å². The Labute approximate surface area is 169 Å².